The molecule has 0 saturated carbocycles. The lowest BCUT2D eigenvalue weighted by atomic mass is 9.81. The Morgan fingerprint density at radius 1 is 0.441 bits per heavy atom. The number of rotatable bonds is 2. The highest BCUT2D eigenvalue weighted by Gasteiger charge is 2.34. The number of halogens is 2. The quantitative estimate of drug-likeness (QED) is 0.196. The molecule has 5 aromatic rings. The lowest BCUT2D eigenvalue weighted by Gasteiger charge is -2.22. The Morgan fingerprint density at radius 2 is 0.853 bits per heavy atom. The van der Waals surface area contributed by atoms with Gasteiger partial charge >= 0.3 is 0 Å². The van der Waals surface area contributed by atoms with E-state index in [0.29, 0.717) is 0 Å². The molecule has 0 bridgehead atoms. The first kappa shape index (κ1) is 20.4. The van der Waals surface area contributed by atoms with Crippen molar-refractivity contribution in [2.45, 2.75) is 12.8 Å². The minimum Gasteiger partial charge on any atom is -0.0622 e. The standard InChI is InChI=1S/C32H20Br2/c33-23-11-13-25-21(15-23)17-27-28-18-22-16-24(34)12-14-26(22)32(28)30(20-9-5-2-6-10-20)29(31(25)27)19-7-3-1-4-8-19/h1-16H,17-18H2. The third kappa shape index (κ3) is 3.02. The summed E-state index contributed by atoms with van der Waals surface area (Å²) >= 11 is 7.43. The molecule has 0 radical (unpaired) electrons. The molecule has 7 rings (SSSR count). The van der Waals surface area contributed by atoms with Crippen molar-refractivity contribution in [3.8, 4) is 44.5 Å². The van der Waals surface area contributed by atoms with Gasteiger partial charge in [-0.3, -0.25) is 0 Å². The van der Waals surface area contributed by atoms with Crippen LogP contribution in [0.3, 0.4) is 0 Å². The van der Waals surface area contributed by atoms with Crippen LogP contribution in [0.15, 0.2) is 106 Å². The summed E-state index contributed by atoms with van der Waals surface area (Å²) < 4.78 is 2.29. The molecule has 2 aliphatic carbocycles. The molecular weight excluding hydrogens is 544 g/mol. The van der Waals surface area contributed by atoms with Crippen molar-refractivity contribution >= 4 is 31.9 Å². The fourth-order valence-electron chi connectivity index (χ4n) is 5.91. The number of hydrogen-bond donors (Lipinski definition) is 0. The number of benzene rings is 5. The van der Waals surface area contributed by atoms with Crippen LogP contribution in [0.1, 0.15) is 22.3 Å². The van der Waals surface area contributed by atoms with E-state index in [1.165, 1.54) is 66.8 Å². The molecule has 0 N–H and O–H groups in total. The van der Waals surface area contributed by atoms with Crippen molar-refractivity contribution in [3.63, 3.8) is 0 Å². The van der Waals surface area contributed by atoms with Gasteiger partial charge in [-0.25, -0.2) is 0 Å². The van der Waals surface area contributed by atoms with Crippen LogP contribution in [0.2, 0.25) is 0 Å². The summed E-state index contributed by atoms with van der Waals surface area (Å²) in [5.41, 5.74) is 16.7. The number of fused-ring (bicyclic) bond motifs is 7. The summed E-state index contributed by atoms with van der Waals surface area (Å²) in [7, 11) is 0. The Bertz CT molecular complexity index is 1480. The van der Waals surface area contributed by atoms with Crippen molar-refractivity contribution in [2.75, 3.05) is 0 Å². The molecule has 0 atom stereocenters. The van der Waals surface area contributed by atoms with Gasteiger partial charge in [0.25, 0.3) is 0 Å². The Kier molecular flexibility index (Phi) is 4.69. The lowest BCUT2D eigenvalue weighted by molar-refractivity contribution is 1.16. The molecular formula is C32H20Br2. The summed E-state index contributed by atoms with van der Waals surface area (Å²) in [4.78, 5) is 0. The van der Waals surface area contributed by atoms with Gasteiger partial charge in [-0.05, 0) is 104 Å². The zero-order valence-electron chi connectivity index (χ0n) is 18.4. The second kappa shape index (κ2) is 7.80. The Hall–Kier alpha value is -2.94. The summed E-state index contributed by atoms with van der Waals surface area (Å²) in [6, 6.07) is 35.5. The van der Waals surface area contributed by atoms with E-state index in [-0.39, 0.29) is 0 Å². The molecule has 2 heteroatoms. The Labute approximate surface area is 216 Å². The fraction of sp³-hybridized carbons (Fsp3) is 0.0625. The van der Waals surface area contributed by atoms with Crippen molar-refractivity contribution < 1.29 is 0 Å². The minimum atomic E-state index is 0.983. The van der Waals surface area contributed by atoms with Crippen LogP contribution in [0.5, 0.6) is 0 Å². The van der Waals surface area contributed by atoms with Gasteiger partial charge < -0.3 is 0 Å². The van der Waals surface area contributed by atoms with Crippen molar-refractivity contribution in [1.29, 1.82) is 0 Å². The first-order valence-electron chi connectivity index (χ1n) is 11.6. The molecule has 0 heterocycles. The summed E-state index contributed by atoms with van der Waals surface area (Å²) in [5.74, 6) is 0. The molecule has 0 amide bonds. The minimum absolute atomic E-state index is 0.983. The predicted molar refractivity (Wildman–Crippen MR) is 149 cm³/mol. The fourth-order valence-corrected chi connectivity index (χ4v) is 6.73. The molecule has 162 valence electrons. The summed E-state index contributed by atoms with van der Waals surface area (Å²) in [6.45, 7) is 0. The van der Waals surface area contributed by atoms with Crippen molar-refractivity contribution in [1.82, 2.24) is 0 Å². The van der Waals surface area contributed by atoms with E-state index in [9.17, 15) is 0 Å². The van der Waals surface area contributed by atoms with Crippen LogP contribution < -0.4 is 0 Å². The van der Waals surface area contributed by atoms with Gasteiger partial charge in [0.05, 0.1) is 0 Å². The molecule has 0 fully saturated rings. The van der Waals surface area contributed by atoms with E-state index in [4.69, 9.17) is 0 Å². The second-order valence-electron chi connectivity index (χ2n) is 9.15. The molecule has 0 spiro atoms. The normalized spacial score (nSPS) is 12.8. The molecule has 0 saturated heterocycles. The van der Waals surface area contributed by atoms with Gasteiger partial charge in [0, 0.05) is 8.95 Å². The van der Waals surface area contributed by atoms with Crippen LogP contribution in [0, 0.1) is 0 Å². The number of hydrogen-bond acceptors (Lipinski definition) is 0. The van der Waals surface area contributed by atoms with E-state index >= 15 is 0 Å². The first-order valence-corrected chi connectivity index (χ1v) is 13.2. The maximum absolute atomic E-state index is 3.71. The largest absolute Gasteiger partial charge is 0.0622 e. The highest BCUT2D eigenvalue weighted by Crippen LogP contribution is 2.56. The zero-order valence-corrected chi connectivity index (χ0v) is 21.6. The summed E-state index contributed by atoms with van der Waals surface area (Å²) in [6.07, 6.45) is 1.97. The Balaban J connectivity index is 1.68. The van der Waals surface area contributed by atoms with Crippen LogP contribution >= 0.6 is 31.9 Å². The van der Waals surface area contributed by atoms with E-state index in [1.54, 1.807) is 0 Å². The van der Waals surface area contributed by atoms with Crippen molar-refractivity contribution in [3.05, 3.63) is 128 Å². The van der Waals surface area contributed by atoms with Gasteiger partial charge in [0.1, 0.15) is 0 Å². The van der Waals surface area contributed by atoms with E-state index < -0.39 is 0 Å². The lowest BCUT2D eigenvalue weighted by Crippen LogP contribution is -1.99. The monoisotopic (exact) mass is 562 g/mol. The van der Waals surface area contributed by atoms with Crippen LogP contribution in [-0.4, -0.2) is 0 Å². The second-order valence-corrected chi connectivity index (χ2v) is 11.0. The average Bonchev–Trinajstić information content (AvgIpc) is 3.42. The highest BCUT2D eigenvalue weighted by atomic mass is 79.9. The Morgan fingerprint density at radius 3 is 1.26 bits per heavy atom. The van der Waals surface area contributed by atoms with Gasteiger partial charge in [-0.15, -0.1) is 0 Å². The molecule has 0 aromatic heterocycles. The maximum Gasteiger partial charge on any atom is 0.0178 e. The summed E-state index contributed by atoms with van der Waals surface area (Å²) in [5, 5.41) is 0. The third-order valence-corrected chi connectivity index (χ3v) is 8.24. The average molecular weight is 564 g/mol. The van der Waals surface area contributed by atoms with E-state index in [0.717, 1.165) is 21.8 Å². The van der Waals surface area contributed by atoms with Crippen LogP contribution in [0.4, 0.5) is 0 Å². The zero-order chi connectivity index (χ0) is 22.8. The van der Waals surface area contributed by atoms with Gasteiger partial charge in [-0.2, -0.15) is 0 Å². The molecule has 0 unspecified atom stereocenters. The van der Waals surface area contributed by atoms with Gasteiger partial charge in [0.2, 0.25) is 0 Å². The van der Waals surface area contributed by atoms with Gasteiger partial charge in [0.15, 0.2) is 0 Å². The highest BCUT2D eigenvalue weighted by molar-refractivity contribution is 9.10. The van der Waals surface area contributed by atoms with E-state index in [2.05, 4.69) is 129 Å². The maximum atomic E-state index is 3.71. The van der Waals surface area contributed by atoms with E-state index in [1.807, 2.05) is 0 Å². The van der Waals surface area contributed by atoms with Crippen molar-refractivity contribution in [2.24, 2.45) is 0 Å². The third-order valence-electron chi connectivity index (χ3n) is 7.25. The molecule has 0 nitrogen and oxygen atoms in total. The molecule has 34 heavy (non-hydrogen) atoms. The van der Waals surface area contributed by atoms with Gasteiger partial charge in [-0.1, -0.05) is 105 Å². The molecule has 2 aliphatic rings. The SMILES string of the molecule is Brc1ccc2c(c1)Cc1c3c(c(-c4ccccc4)c(-c4ccccc4)c1-2)-c1ccc(Br)cc1C3. The predicted octanol–water partition coefficient (Wildman–Crippen LogP) is 9.69. The first-order chi connectivity index (χ1) is 16.7. The van der Waals surface area contributed by atoms with Crippen LogP contribution in [-0.2, 0) is 12.8 Å². The molecule has 0 aliphatic heterocycles. The smallest absolute Gasteiger partial charge is 0.0178 e. The van der Waals surface area contributed by atoms with Crippen LogP contribution in [0.25, 0.3) is 44.5 Å². The topological polar surface area (TPSA) is 0 Å². The molecule has 5 aromatic carbocycles.